The minimum absolute atomic E-state index is 0. The van der Waals surface area contributed by atoms with Crippen LogP contribution in [-0.4, -0.2) is 65.3 Å². The number of aliphatic hydroxyl groups excluding tert-OH is 1. The predicted molar refractivity (Wildman–Crippen MR) is 161 cm³/mol. The zero-order chi connectivity index (χ0) is 30.8. The van der Waals surface area contributed by atoms with E-state index in [9.17, 15) is 24.3 Å². The quantitative estimate of drug-likeness (QED) is 0.133. The van der Waals surface area contributed by atoms with Crippen molar-refractivity contribution in [2.24, 2.45) is 5.73 Å². The Kier molecular flexibility index (Phi) is 26.7. The summed E-state index contributed by atoms with van der Waals surface area (Å²) >= 11 is 0. The van der Waals surface area contributed by atoms with Crippen molar-refractivity contribution in [3.05, 3.63) is 97.6 Å². The normalized spacial score (nSPS) is 8.66. The molecule has 0 aliphatic heterocycles. The highest BCUT2D eigenvalue weighted by Crippen LogP contribution is 2.18. The van der Waals surface area contributed by atoms with Crippen molar-refractivity contribution in [3.8, 4) is 11.5 Å². The van der Waals surface area contributed by atoms with Gasteiger partial charge in [0, 0.05) is 20.1 Å². The fourth-order valence-corrected chi connectivity index (χ4v) is 2.28. The van der Waals surface area contributed by atoms with Crippen LogP contribution >= 0.6 is 0 Å². The van der Waals surface area contributed by atoms with Gasteiger partial charge >= 0.3 is 11.9 Å². The minimum atomic E-state index is -1.13. The monoisotopic (exact) mass is 573 g/mol. The van der Waals surface area contributed by atoms with Gasteiger partial charge < -0.3 is 36.4 Å². The second-order valence-corrected chi connectivity index (χ2v) is 7.35. The molecule has 11 nitrogen and oxygen atoms in total. The Labute approximate surface area is 242 Å². The number of ether oxygens (including phenoxy) is 1. The molecule has 0 saturated carbocycles. The first-order valence-corrected chi connectivity index (χ1v) is 12.1. The van der Waals surface area contributed by atoms with Gasteiger partial charge in [-0.05, 0) is 43.7 Å². The fraction of sp³-hybridized carbons (Fsp3) is 0.267. The maximum atomic E-state index is 11.7. The molecule has 0 bridgehead atoms. The number of carbonyl (C=O) groups excluding carboxylic acids is 3. The molecule has 0 aliphatic rings. The van der Waals surface area contributed by atoms with Gasteiger partial charge in [0.05, 0.1) is 11.1 Å². The van der Waals surface area contributed by atoms with Gasteiger partial charge in [-0.2, -0.15) is 0 Å². The van der Waals surface area contributed by atoms with Gasteiger partial charge in [-0.15, -0.1) is 19.7 Å². The first-order chi connectivity index (χ1) is 19.1. The molecule has 7 N–H and O–H groups in total. The molecule has 2 rings (SSSR count). The van der Waals surface area contributed by atoms with Crippen LogP contribution in [0, 0.1) is 0 Å². The number of aliphatic carboxylic acids is 1. The van der Waals surface area contributed by atoms with Crippen LogP contribution in [0.3, 0.4) is 0 Å². The van der Waals surface area contributed by atoms with Crippen LogP contribution in [0.2, 0.25) is 0 Å². The van der Waals surface area contributed by atoms with Crippen LogP contribution < -0.4 is 21.1 Å². The van der Waals surface area contributed by atoms with E-state index in [0.29, 0.717) is 18.5 Å². The number of amides is 2. The molecule has 0 fully saturated rings. The number of aliphatic hydroxyl groups is 1. The predicted octanol–water partition coefficient (Wildman–Crippen LogP) is 3.45. The van der Waals surface area contributed by atoms with E-state index >= 15 is 0 Å². The van der Waals surface area contributed by atoms with Crippen LogP contribution in [0.25, 0.3) is 0 Å². The molecule has 0 radical (unpaired) electrons. The van der Waals surface area contributed by atoms with Crippen molar-refractivity contribution in [1.29, 1.82) is 0 Å². The van der Waals surface area contributed by atoms with Gasteiger partial charge in [-0.1, -0.05) is 49.9 Å². The molecule has 2 amide bonds. The highest BCUT2D eigenvalue weighted by atomic mass is 16.5. The van der Waals surface area contributed by atoms with Crippen molar-refractivity contribution in [3.63, 3.8) is 0 Å². The smallest absolute Gasteiger partial charge is 0.322 e. The van der Waals surface area contributed by atoms with E-state index in [1.165, 1.54) is 19.1 Å². The van der Waals surface area contributed by atoms with Gasteiger partial charge in [-0.3, -0.25) is 19.2 Å². The topological polar surface area (TPSA) is 188 Å². The van der Waals surface area contributed by atoms with Crippen LogP contribution in [0.1, 0.15) is 47.9 Å². The lowest BCUT2D eigenvalue weighted by molar-refractivity contribution is -0.136. The summed E-state index contributed by atoms with van der Waals surface area (Å²) in [6.07, 6.45) is 6.70. The van der Waals surface area contributed by atoms with E-state index in [4.69, 9.17) is 20.7 Å². The molecule has 11 heteroatoms. The lowest BCUT2D eigenvalue weighted by Crippen LogP contribution is -2.29. The highest BCUT2D eigenvalue weighted by molar-refractivity contribution is 5.98. The number of nitrogens with two attached hydrogens (primary N) is 1. The molecular formula is C30H43N3O8. The first kappa shape index (κ1) is 40.8. The summed E-state index contributed by atoms with van der Waals surface area (Å²) in [6, 6.07) is 12.5. The van der Waals surface area contributed by atoms with Crippen molar-refractivity contribution in [2.75, 3.05) is 26.2 Å². The Hall–Kier alpha value is -4.74. The van der Waals surface area contributed by atoms with Crippen molar-refractivity contribution in [1.82, 2.24) is 10.6 Å². The summed E-state index contributed by atoms with van der Waals surface area (Å²) in [5.41, 5.74) is 5.46. The van der Waals surface area contributed by atoms with Crippen LogP contribution in [0.5, 0.6) is 11.5 Å². The number of carboxylic acids is 1. The Morgan fingerprint density at radius 1 is 0.878 bits per heavy atom. The highest BCUT2D eigenvalue weighted by Gasteiger charge is 2.12. The molecule has 2 aromatic rings. The number of aromatic hydroxyl groups is 1. The second kappa shape index (κ2) is 26.9. The summed E-state index contributed by atoms with van der Waals surface area (Å²) in [5.74, 6) is -2.40. The van der Waals surface area contributed by atoms with E-state index in [0.717, 1.165) is 13.0 Å². The summed E-state index contributed by atoms with van der Waals surface area (Å²) in [4.78, 5) is 43.9. The number of carbonyl (C=O) groups is 4. The number of para-hydroxylation sites is 2. The van der Waals surface area contributed by atoms with Gasteiger partial charge in [0.2, 0.25) is 0 Å². The zero-order valence-electron chi connectivity index (χ0n) is 22.7. The van der Waals surface area contributed by atoms with E-state index in [-0.39, 0.29) is 37.0 Å². The maximum absolute atomic E-state index is 11.7. The Morgan fingerprint density at radius 2 is 1.41 bits per heavy atom. The number of phenols is 1. The third-order valence-electron chi connectivity index (χ3n) is 4.05. The number of phenolic OH excluding ortho intramolecular Hbond substituents is 1. The van der Waals surface area contributed by atoms with Gasteiger partial charge in [0.1, 0.15) is 18.0 Å². The van der Waals surface area contributed by atoms with Crippen molar-refractivity contribution >= 4 is 23.8 Å². The third kappa shape index (κ3) is 21.8. The fourth-order valence-electron chi connectivity index (χ4n) is 2.28. The zero-order valence-corrected chi connectivity index (χ0v) is 22.7. The summed E-state index contributed by atoms with van der Waals surface area (Å²) < 4.78 is 4.92. The molecule has 0 spiro atoms. The number of benzene rings is 2. The Morgan fingerprint density at radius 3 is 1.83 bits per heavy atom. The molecule has 0 saturated heterocycles. The Bertz CT molecular complexity index is 1080. The number of hydrogen-bond acceptors (Lipinski definition) is 8. The van der Waals surface area contributed by atoms with E-state index < -0.39 is 24.4 Å². The molecule has 0 aliphatic carbocycles. The molecule has 0 heterocycles. The minimum Gasteiger partial charge on any atom is -0.507 e. The number of rotatable bonds is 11. The molecule has 0 aromatic heterocycles. The van der Waals surface area contributed by atoms with Gasteiger partial charge in [0.25, 0.3) is 11.8 Å². The molecule has 0 unspecified atom stereocenters. The average molecular weight is 574 g/mol. The number of carboxylic acid groups (broad SMARTS) is 1. The van der Waals surface area contributed by atoms with Crippen LogP contribution in [0.15, 0.2) is 86.5 Å². The first-order valence-electron chi connectivity index (χ1n) is 12.1. The lowest BCUT2D eigenvalue weighted by atomic mass is 10.2. The number of esters is 1. The van der Waals surface area contributed by atoms with Gasteiger partial charge in [0.15, 0.2) is 0 Å². The Balaban J connectivity index is -0.000000525. The molecule has 226 valence electrons. The molecule has 0 atom stereocenters. The maximum Gasteiger partial charge on any atom is 0.322 e. The largest absolute Gasteiger partial charge is 0.507 e. The molecular weight excluding hydrogens is 530 g/mol. The van der Waals surface area contributed by atoms with Crippen molar-refractivity contribution < 1.29 is 39.2 Å². The number of nitrogens with one attached hydrogen (secondary N) is 2. The van der Waals surface area contributed by atoms with E-state index in [1.807, 2.05) is 0 Å². The molecule has 41 heavy (non-hydrogen) atoms. The average Bonchev–Trinajstić information content (AvgIpc) is 2.92. The SMILES string of the molecule is C.C=CCCN.C=CCCO.C=CCNC(=O)c1ccccc1OC(C)=O.O=C(O)CNC(=O)c1ccccc1O. The standard InChI is InChI=1S/C12H13NO3.C9H9NO4.C4H9N.C4H8O.CH4/c1-3-8-13-12(15)10-6-4-5-7-11(10)16-9(2)14;11-7-4-2-1-3-6(7)9(14)10-5-8(12)13;2*1-2-3-4-5;/h3-7H,1,8H2,2H3,(H,13,15);1-4,11H,5H2,(H,10,14)(H,12,13);2H,1,3-5H2;2,5H,1,3-4H2;1H4. The lowest BCUT2D eigenvalue weighted by Gasteiger charge is -2.07. The van der Waals surface area contributed by atoms with Crippen LogP contribution in [-0.2, 0) is 9.59 Å². The van der Waals surface area contributed by atoms with Crippen LogP contribution in [0.4, 0.5) is 0 Å². The van der Waals surface area contributed by atoms with Crippen molar-refractivity contribution in [2.45, 2.75) is 27.2 Å². The number of hydrogen-bond donors (Lipinski definition) is 6. The summed E-state index contributed by atoms with van der Waals surface area (Å²) in [5, 5.41) is 30.3. The van der Waals surface area contributed by atoms with E-state index in [2.05, 4.69) is 30.4 Å². The second-order valence-electron chi connectivity index (χ2n) is 7.35. The van der Waals surface area contributed by atoms with E-state index in [1.54, 1.807) is 54.6 Å². The third-order valence-corrected chi connectivity index (χ3v) is 4.05. The molecule has 2 aromatic carbocycles. The summed E-state index contributed by atoms with van der Waals surface area (Å²) in [6.45, 7) is 12.5. The van der Waals surface area contributed by atoms with Gasteiger partial charge in [-0.25, -0.2) is 0 Å². The summed E-state index contributed by atoms with van der Waals surface area (Å²) in [7, 11) is 0.